The predicted octanol–water partition coefficient (Wildman–Crippen LogP) is 2.89. The summed E-state index contributed by atoms with van der Waals surface area (Å²) in [5, 5.41) is 4.21. The third-order valence-electron chi connectivity index (χ3n) is 5.06. The maximum atomic E-state index is 6.18. The highest BCUT2D eigenvalue weighted by Crippen LogP contribution is 2.52. The van der Waals surface area contributed by atoms with Gasteiger partial charge >= 0.3 is 0 Å². The Morgan fingerprint density at radius 2 is 2.11 bits per heavy atom. The standard InChI is InChI=1S/C15H25N3O/c1-15(2,3)12(16)8-13-17-14(18-19-13)11-7-9-4-5-10(11)6-9/h9-12H,4-8,16H2,1-3H3. The van der Waals surface area contributed by atoms with Gasteiger partial charge in [-0.2, -0.15) is 4.98 Å². The van der Waals surface area contributed by atoms with Crippen molar-refractivity contribution in [1.82, 2.24) is 10.1 Å². The van der Waals surface area contributed by atoms with E-state index in [2.05, 4.69) is 30.9 Å². The van der Waals surface area contributed by atoms with Crippen molar-refractivity contribution in [2.24, 2.45) is 23.0 Å². The van der Waals surface area contributed by atoms with Gasteiger partial charge in [0.1, 0.15) is 0 Å². The zero-order valence-electron chi connectivity index (χ0n) is 12.2. The highest BCUT2D eigenvalue weighted by Gasteiger charge is 2.42. The number of nitrogens with two attached hydrogens (primary N) is 1. The molecule has 1 aromatic rings. The van der Waals surface area contributed by atoms with E-state index in [-0.39, 0.29) is 11.5 Å². The summed E-state index contributed by atoms with van der Waals surface area (Å²) in [5.74, 6) is 3.89. The first-order valence-corrected chi connectivity index (χ1v) is 7.51. The molecule has 19 heavy (non-hydrogen) atoms. The normalized spacial score (nSPS) is 31.9. The molecule has 2 saturated carbocycles. The Hall–Kier alpha value is -0.900. The molecule has 0 saturated heterocycles. The summed E-state index contributed by atoms with van der Waals surface area (Å²) in [6, 6.07) is 0.0563. The van der Waals surface area contributed by atoms with Crippen LogP contribution in [0, 0.1) is 17.3 Å². The first-order valence-electron chi connectivity index (χ1n) is 7.51. The van der Waals surface area contributed by atoms with Crippen molar-refractivity contribution in [3.05, 3.63) is 11.7 Å². The molecule has 0 spiro atoms. The van der Waals surface area contributed by atoms with Crippen LogP contribution in [0.4, 0.5) is 0 Å². The Kier molecular flexibility index (Phi) is 3.16. The monoisotopic (exact) mass is 263 g/mol. The van der Waals surface area contributed by atoms with Crippen LogP contribution < -0.4 is 5.73 Å². The SMILES string of the molecule is CC(C)(C)C(N)Cc1nc(C2CC3CCC2C3)no1. The topological polar surface area (TPSA) is 64.9 Å². The van der Waals surface area contributed by atoms with Gasteiger partial charge in [-0.25, -0.2) is 0 Å². The third-order valence-corrected chi connectivity index (χ3v) is 5.06. The molecule has 0 radical (unpaired) electrons. The average Bonchev–Trinajstić information content (AvgIpc) is 3.02. The maximum Gasteiger partial charge on any atom is 0.228 e. The van der Waals surface area contributed by atoms with E-state index in [1.165, 1.54) is 25.7 Å². The highest BCUT2D eigenvalue weighted by atomic mass is 16.5. The molecule has 2 aliphatic carbocycles. The van der Waals surface area contributed by atoms with E-state index in [4.69, 9.17) is 10.3 Å². The molecule has 3 rings (SSSR count). The second-order valence-electron chi connectivity index (χ2n) is 7.50. The van der Waals surface area contributed by atoms with E-state index in [9.17, 15) is 0 Å². The van der Waals surface area contributed by atoms with Gasteiger partial charge in [-0.3, -0.25) is 0 Å². The lowest BCUT2D eigenvalue weighted by Gasteiger charge is -2.25. The average molecular weight is 263 g/mol. The number of fused-ring (bicyclic) bond motifs is 2. The van der Waals surface area contributed by atoms with Crippen molar-refractivity contribution < 1.29 is 4.52 Å². The van der Waals surface area contributed by atoms with Gasteiger partial charge in [-0.1, -0.05) is 32.3 Å². The molecule has 0 amide bonds. The minimum Gasteiger partial charge on any atom is -0.339 e. The van der Waals surface area contributed by atoms with Crippen LogP contribution >= 0.6 is 0 Å². The van der Waals surface area contributed by atoms with E-state index in [0.29, 0.717) is 18.2 Å². The summed E-state index contributed by atoms with van der Waals surface area (Å²) >= 11 is 0. The highest BCUT2D eigenvalue weighted by molar-refractivity contribution is 5.06. The van der Waals surface area contributed by atoms with E-state index in [0.717, 1.165) is 17.7 Å². The van der Waals surface area contributed by atoms with Gasteiger partial charge in [0.05, 0.1) is 0 Å². The largest absolute Gasteiger partial charge is 0.339 e. The lowest BCUT2D eigenvalue weighted by atomic mass is 9.85. The van der Waals surface area contributed by atoms with Crippen LogP contribution in [-0.4, -0.2) is 16.2 Å². The van der Waals surface area contributed by atoms with E-state index in [1.807, 2.05) is 0 Å². The third kappa shape index (κ3) is 2.55. The van der Waals surface area contributed by atoms with Crippen LogP contribution in [-0.2, 0) is 6.42 Å². The van der Waals surface area contributed by atoms with E-state index < -0.39 is 0 Å². The molecular weight excluding hydrogens is 238 g/mol. The number of rotatable bonds is 3. The first kappa shape index (κ1) is 13.1. The quantitative estimate of drug-likeness (QED) is 0.910. The molecule has 0 aliphatic heterocycles. The first-order chi connectivity index (χ1) is 8.93. The fourth-order valence-corrected chi connectivity index (χ4v) is 3.56. The summed E-state index contributed by atoms with van der Waals surface area (Å²) in [4.78, 5) is 4.61. The molecule has 2 fully saturated rings. The van der Waals surface area contributed by atoms with Crippen molar-refractivity contribution >= 4 is 0 Å². The smallest absolute Gasteiger partial charge is 0.228 e. The number of aromatic nitrogens is 2. The van der Waals surface area contributed by atoms with Gasteiger partial charge in [0.2, 0.25) is 5.89 Å². The Morgan fingerprint density at radius 3 is 2.68 bits per heavy atom. The summed E-state index contributed by atoms with van der Waals surface area (Å²) in [6.45, 7) is 6.43. The van der Waals surface area contributed by atoms with Crippen molar-refractivity contribution in [2.45, 2.75) is 64.8 Å². The van der Waals surface area contributed by atoms with E-state index in [1.54, 1.807) is 0 Å². The number of hydrogen-bond acceptors (Lipinski definition) is 4. The molecule has 2 N–H and O–H groups in total. The molecule has 4 nitrogen and oxygen atoms in total. The zero-order valence-corrected chi connectivity index (χ0v) is 12.2. The van der Waals surface area contributed by atoms with Crippen molar-refractivity contribution in [2.75, 3.05) is 0 Å². The number of nitrogens with zero attached hydrogens (tertiary/aromatic N) is 2. The van der Waals surface area contributed by atoms with Gasteiger partial charge in [0, 0.05) is 18.4 Å². The molecule has 106 valence electrons. The number of hydrogen-bond donors (Lipinski definition) is 1. The predicted molar refractivity (Wildman–Crippen MR) is 73.6 cm³/mol. The maximum absolute atomic E-state index is 6.18. The van der Waals surface area contributed by atoms with Crippen molar-refractivity contribution in [1.29, 1.82) is 0 Å². The molecule has 4 unspecified atom stereocenters. The van der Waals surface area contributed by atoms with Crippen molar-refractivity contribution in [3.8, 4) is 0 Å². The van der Waals surface area contributed by atoms with Crippen LogP contribution in [0.5, 0.6) is 0 Å². The van der Waals surface area contributed by atoms with Gasteiger partial charge in [0.25, 0.3) is 0 Å². The minimum absolute atomic E-state index is 0.0563. The molecular formula is C15H25N3O. The van der Waals surface area contributed by atoms with Gasteiger partial charge in [-0.05, 0) is 36.5 Å². The van der Waals surface area contributed by atoms with Crippen LogP contribution in [0.15, 0.2) is 4.52 Å². The van der Waals surface area contributed by atoms with Gasteiger partial charge < -0.3 is 10.3 Å². The molecule has 1 heterocycles. The Balaban J connectivity index is 1.67. The van der Waals surface area contributed by atoms with Crippen LogP contribution in [0.3, 0.4) is 0 Å². The van der Waals surface area contributed by atoms with Crippen LogP contribution in [0.1, 0.15) is 64.1 Å². The molecule has 4 heteroatoms. The Morgan fingerprint density at radius 1 is 1.32 bits per heavy atom. The Bertz CT molecular complexity index is 448. The second-order valence-corrected chi connectivity index (χ2v) is 7.50. The molecule has 0 aromatic carbocycles. The van der Waals surface area contributed by atoms with Crippen LogP contribution in [0.2, 0.25) is 0 Å². The van der Waals surface area contributed by atoms with Gasteiger partial charge in [0.15, 0.2) is 5.82 Å². The lowest BCUT2D eigenvalue weighted by molar-refractivity contribution is 0.284. The van der Waals surface area contributed by atoms with Crippen molar-refractivity contribution in [3.63, 3.8) is 0 Å². The zero-order chi connectivity index (χ0) is 13.6. The molecule has 2 aliphatic rings. The van der Waals surface area contributed by atoms with E-state index >= 15 is 0 Å². The molecule has 1 aromatic heterocycles. The fourth-order valence-electron chi connectivity index (χ4n) is 3.56. The molecule has 4 atom stereocenters. The second kappa shape index (κ2) is 4.58. The van der Waals surface area contributed by atoms with Crippen LogP contribution in [0.25, 0.3) is 0 Å². The minimum atomic E-state index is 0.0563. The summed E-state index contributed by atoms with van der Waals surface area (Å²) in [6.07, 6.45) is 6.06. The Labute approximate surface area is 115 Å². The van der Waals surface area contributed by atoms with Gasteiger partial charge in [-0.15, -0.1) is 0 Å². The summed E-state index contributed by atoms with van der Waals surface area (Å²) in [7, 11) is 0. The molecule has 2 bridgehead atoms. The summed E-state index contributed by atoms with van der Waals surface area (Å²) in [5.41, 5.74) is 6.25. The summed E-state index contributed by atoms with van der Waals surface area (Å²) < 4.78 is 5.41. The fraction of sp³-hybridized carbons (Fsp3) is 0.867. The lowest BCUT2D eigenvalue weighted by Crippen LogP contribution is -2.37.